The van der Waals surface area contributed by atoms with Gasteiger partial charge in [-0.3, -0.25) is 4.99 Å². The Bertz CT molecular complexity index is 300. The minimum Gasteiger partial charge on any atom is -0.260 e. The number of para-hydroxylation sites is 1. The zero-order valence-electron chi connectivity index (χ0n) is 6.67. The van der Waals surface area contributed by atoms with Gasteiger partial charge in [0.05, 0.1) is 5.69 Å². The number of hydrogen-bond donors (Lipinski definition) is 0. The van der Waals surface area contributed by atoms with E-state index in [1.165, 1.54) is 16.8 Å². The molecule has 0 aliphatic carbocycles. The minimum absolute atomic E-state index is 1.02. The van der Waals surface area contributed by atoms with Crippen LogP contribution in [0.25, 0.3) is 0 Å². The van der Waals surface area contributed by atoms with Crippen LogP contribution in [0.2, 0.25) is 0 Å². The summed E-state index contributed by atoms with van der Waals surface area (Å²) in [4.78, 5) is 4.35. The van der Waals surface area contributed by atoms with Gasteiger partial charge < -0.3 is 0 Å². The molecule has 0 bridgehead atoms. The average Bonchev–Trinajstić information content (AvgIpc) is 2.50. The predicted octanol–water partition coefficient (Wildman–Crippen LogP) is 2.51. The van der Waals surface area contributed by atoms with E-state index in [9.17, 15) is 0 Å². The van der Waals surface area contributed by atoms with E-state index in [1.54, 1.807) is 0 Å². The van der Waals surface area contributed by atoms with E-state index in [1.807, 2.05) is 6.21 Å². The molecule has 0 saturated heterocycles. The molecule has 0 saturated carbocycles. The summed E-state index contributed by atoms with van der Waals surface area (Å²) in [6.45, 7) is 2.17. The highest BCUT2D eigenvalue weighted by atomic mass is 14.8. The smallest absolute Gasteiger partial charge is 0.0693 e. The summed E-state index contributed by atoms with van der Waals surface area (Å²) >= 11 is 0. The molecular formula is C10H11N. The molecule has 0 unspecified atom stereocenters. The topological polar surface area (TPSA) is 12.4 Å². The monoisotopic (exact) mass is 145 g/mol. The highest BCUT2D eigenvalue weighted by Crippen LogP contribution is 2.28. The molecule has 0 amide bonds. The Labute approximate surface area is 66.8 Å². The molecule has 56 valence electrons. The maximum Gasteiger partial charge on any atom is 0.0693 e. The van der Waals surface area contributed by atoms with Crippen molar-refractivity contribution in [2.24, 2.45) is 4.99 Å². The van der Waals surface area contributed by atoms with Crippen molar-refractivity contribution in [1.82, 2.24) is 0 Å². The first-order valence-corrected chi connectivity index (χ1v) is 4.05. The molecule has 2 rings (SSSR count). The number of aliphatic imine (C=N–C) groups is 1. The highest BCUT2D eigenvalue weighted by Gasteiger charge is 2.08. The molecule has 0 fully saturated rings. The maximum atomic E-state index is 4.35. The van der Waals surface area contributed by atoms with Gasteiger partial charge in [0.2, 0.25) is 0 Å². The van der Waals surface area contributed by atoms with Gasteiger partial charge in [-0.25, -0.2) is 0 Å². The summed E-state index contributed by atoms with van der Waals surface area (Å²) in [7, 11) is 0. The molecule has 1 heterocycles. The number of nitrogens with zero attached hydrogens (tertiary/aromatic N) is 1. The molecule has 1 nitrogen and oxygen atoms in total. The molecule has 11 heavy (non-hydrogen) atoms. The Morgan fingerprint density at radius 1 is 1.45 bits per heavy atom. The van der Waals surface area contributed by atoms with Crippen molar-refractivity contribution < 1.29 is 0 Å². The molecule has 1 heteroatoms. The fourth-order valence-corrected chi connectivity index (χ4v) is 1.50. The van der Waals surface area contributed by atoms with Gasteiger partial charge >= 0.3 is 0 Å². The fraction of sp³-hybridized carbons (Fsp3) is 0.300. The Kier molecular flexibility index (Phi) is 1.50. The van der Waals surface area contributed by atoms with E-state index in [0.717, 1.165) is 12.8 Å². The number of benzene rings is 1. The van der Waals surface area contributed by atoms with Gasteiger partial charge in [-0.05, 0) is 17.5 Å². The first kappa shape index (κ1) is 6.59. The largest absolute Gasteiger partial charge is 0.260 e. The molecule has 1 aromatic carbocycles. The van der Waals surface area contributed by atoms with Gasteiger partial charge in [-0.1, -0.05) is 25.1 Å². The highest BCUT2D eigenvalue weighted by molar-refractivity contribution is 5.77. The van der Waals surface area contributed by atoms with Gasteiger partial charge in [0.15, 0.2) is 0 Å². The van der Waals surface area contributed by atoms with Crippen LogP contribution in [0.4, 0.5) is 5.69 Å². The third-order valence-electron chi connectivity index (χ3n) is 2.12. The van der Waals surface area contributed by atoms with Crippen LogP contribution in [0.5, 0.6) is 0 Å². The molecule has 0 N–H and O–H groups in total. The van der Waals surface area contributed by atoms with E-state index in [2.05, 4.69) is 30.1 Å². The van der Waals surface area contributed by atoms with E-state index in [4.69, 9.17) is 0 Å². The molecule has 1 aromatic rings. The van der Waals surface area contributed by atoms with Crippen LogP contribution in [-0.4, -0.2) is 6.21 Å². The number of hydrogen-bond acceptors (Lipinski definition) is 1. The lowest BCUT2D eigenvalue weighted by Gasteiger charge is -2.01. The van der Waals surface area contributed by atoms with E-state index in [0.29, 0.717) is 0 Å². The van der Waals surface area contributed by atoms with Gasteiger partial charge in [0.25, 0.3) is 0 Å². The Morgan fingerprint density at radius 3 is 3.18 bits per heavy atom. The van der Waals surface area contributed by atoms with Crippen LogP contribution in [0, 0.1) is 0 Å². The molecular weight excluding hydrogens is 134 g/mol. The van der Waals surface area contributed by atoms with Crippen LogP contribution < -0.4 is 0 Å². The van der Waals surface area contributed by atoms with Crippen LogP contribution in [-0.2, 0) is 12.8 Å². The Morgan fingerprint density at radius 2 is 2.36 bits per heavy atom. The van der Waals surface area contributed by atoms with Crippen molar-refractivity contribution in [1.29, 1.82) is 0 Å². The summed E-state index contributed by atoms with van der Waals surface area (Å²) in [5.74, 6) is 0. The molecule has 1 aliphatic heterocycles. The van der Waals surface area contributed by atoms with Crippen molar-refractivity contribution in [2.75, 3.05) is 0 Å². The second-order valence-corrected chi connectivity index (χ2v) is 2.79. The van der Waals surface area contributed by atoms with Gasteiger partial charge in [0.1, 0.15) is 0 Å². The number of fused-ring (bicyclic) bond motifs is 1. The summed E-state index contributed by atoms with van der Waals surface area (Å²) in [5, 5.41) is 0. The lowest BCUT2D eigenvalue weighted by molar-refractivity contribution is 1.13. The van der Waals surface area contributed by atoms with Gasteiger partial charge in [-0.15, -0.1) is 0 Å². The van der Waals surface area contributed by atoms with E-state index >= 15 is 0 Å². The van der Waals surface area contributed by atoms with Crippen LogP contribution in [0.15, 0.2) is 23.2 Å². The summed E-state index contributed by atoms with van der Waals surface area (Å²) in [5.41, 5.74) is 3.97. The lowest BCUT2D eigenvalue weighted by atomic mass is 10.1. The van der Waals surface area contributed by atoms with Crippen molar-refractivity contribution >= 4 is 11.9 Å². The van der Waals surface area contributed by atoms with Crippen LogP contribution in [0.1, 0.15) is 18.1 Å². The SMILES string of the molecule is CCc1cccc2c1N=CC2. The number of aryl methyl sites for hydroxylation is 1. The zero-order valence-corrected chi connectivity index (χ0v) is 6.67. The van der Waals surface area contributed by atoms with E-state index < -0.39 is 0 Å². The molecule has 0 atom stereocenters. The first-order valence-electron chi connectivity index (χ1n) is 4.05. The van der Waals surface area contributed by atoms with Crippen molar-refractivity contribution in [3.63, 3.8) is 0 Å². The Hall–Kier alpha value is -1.11. The van der Waals surface area contributed by atoms with Gasteiger partial charge in [-0.2, -0.15) is 0 Å². The third kappa shape index (κ3) is 0.967. The number of rotatable bonds is 1. The van der Waals surface area contributed by atoms with Crippen LogP contribution in [0.3, 0.4) is 0 Å². The molecule has 0 aromatic heterocycles. The molecule has 0 radical (unpaired) electrons. The predicted molar refractivity (Wildman–Crippen MR) is 47.7 cm³/mol. The molecule has 0 spiro atoms. The standard InChI is InChI=1S/C10H11N/c1-2-8-4-3-5-9-6-7-11-10(8)9/h3-5,7H,2,6H2,1H3. The third-order valence-corrected chi connectivity index (χ3v) is 2.12. The van der Waals surface area contributed by atoms with E-state index in [-0.39, 0.29) is 0 Å². The Balaban J connectivity index is 2.57. The van der Waals surface area contributed by atoms with Crippen molar-refractivity contribution in [3.8, 4) is 0 Å². The van der Waals surface area contributed by atoms with Gasteiger partial charge in [0, 0.05) is 12.6 Å². The zero-order chi connectivity index (χ0) is 7.68. The second kappa shape index (κ2) is 2.50. The summed E-state index contributed by atoms with van der Waals surface area (Å²) < 4.78 is 0. The minimum atomic E-state index is 1.02. The second-order valence-electron chi connectivity index (χ2n) is 2.79. The quantitative estimate of drug-likeness (QED) is 0.575. The maximum absolute atomic E-state index is 4.35. The van der Waals surface area contributed by atoms with Crippen molar-refractivity contribution in [3.05, 3.63) is 29.3 Å². The lowest BCUT2D eigenvalue weighted by Crippen LogP contribution is -1.83. The van der Waals surface area contributed by atoms with Crippen LogP contribution >= 0.6 is 0 Å². The summed E-state index contributed by atoms with van der Waals surface area (Å²) in [6, 6.07) is 6.43. The average molecular weight is 145 g/mol. The molecule has 1 aliphatic rings. The fourth-order valence-electron chi connectivity index (χ4n) is 1.50. The van der Waals surface area contributed by atoms with Crippen molar-refractivity contribution in [2.45, 2.75) is 19.8 Å². The summed E-state index contributed by atoms with van der Waals surface area (Å²) in [6.07, 6.45) is 4.09. The first-order chi connectivity index (χ1) is 5.42. The normalized spacial score (nSPS) is 13.5.